The molecule has 0 saturated heterocycles. The summed E-state index contributed by atoms with van der Waals surface area (Å²) in [6.45, 7) is 1.85. The van der Waals surface area contributed by atoms with Crippen LogP contribution in [0, 0.1) is 10.5 Å². The van der Waals surface area contributed by atoms with Gasteiger partial charge in [0.2, 0.25) is 0 Å². The quantitative estimate of drug-likeness (QED) is 0.448. The number of ether oxygens (including phenoxy) is 1. The molecule has 0 aliphatic rings. The molecule has 0 bridgehead atoms. The van der Waals surface area contributed by atoms with Gasteiger partial charge in [-0.25, -0.2) is 14.3 Å². The smallest absolute Gasteiger partial charge is 0.356 e. The number of aromatic nitrogens is 3. The summed E-state index contributed by atoms with van der Waals surface area (Å²) >= 11 is 8.11. The normalized spacial score (nSPS) is 10.8. The molecule has 2 heterocycles. The van der Waals surface area contributed by atoms with E-state index in [1.54, 1.807) is 0 Å². The predicted octanol–water partition coefficient (Wildman–Crippen LogP) is 2.08. The number of methoxy groups -OCH3 is 1. The molecule has 0 spiro atoms. The van der Waals surface area contributed by atoms with Crippen LogP contribution in [0.25, 0.3) is 5.65 Å². The second-order valence-corrected chi connectivity index (χ2v) is 4.56. The molecule has 2 aromatic rings. The third kappa shape index (κ3) is 1.75. The molecular formula is C9H7ClIN3O2. The number of hydrogen-bond acceptors (Lipinski definition) is 4. The summed E-state index contributed by atoms with van der Waals surface area (Å²) in [5.74, 6) is -0.515. The van der Waals surface area contributed by atoms with Crippen molar-refractivity contribution >= 4 is 45.8 Å². The number of esters is 1. The van der Waals surface area contributed by atoms with Gasteiger partial charge in [0.05, 0.1) is 16.4 Å². The molecule has 2 aromatic heterocycles. The van der Waals surface area contributed by atoms with Crippen LogP contribution in [-0.4, -0.2) is 27.7 Å². The first-order valence-electron chi connectivity index (χ1n) is 4.34. The van der Waals surface area contributed by atoms with Gasteiger partial charge < -0.3 is 4.74 Å². The van der Waals surface area contributed by atoms with Crippen LogP contribution in [-0.2, 0) is 4.74 Å². The zero-order chi connectivity index (χ0) is 11.9. The van der Waals surface area contributed by atoms with Crippen molar-refractivity contribution in [2.75, 3.05) is 7.11 Å². The van der Waals surface area contributed by atoms with Crippen molar-refractivity contribution < 1.29 is 9.53 Å². The van der Waals surface area contributed by atoms with Crippen LogP contribution >= 0.6 is 34.2 Å². The molecule has 2 rings (SSSR count). The summed E-state index contributed by atoms with van der Waals surface area (Å²) in [7, 11) is 1.30. The van der Waals surface area contributed by atoms with Gasteiger partial charge in [0.1, 0.15) is 5.15 Å². The second kappa shape index (κ2) is 4.17. The van der Waals surface area contributed by atoms with E-state index in [0.29, 0.717) is 10.8 Å². The van der Waals surface area contributed by atoms with Crippen LogP contribution in [0.4, 0.5) is 0 Å². The highest BCUT2D eigenvalue weighted by Crippen LogP contribution is 2.20. The summed E-state index contributed by atoms with van der Waals surface area (Å²) in [6.07, 6.45) is 0. The minimum Gasteiger partial charge on any atom is -0.464 e. The van der Waals surface area contributed by atoms with Gasteiger partial charge in [-0.1, -0.05) is 11.6 Å². The molecule has 0 amide bonds. The fourth-order valence-corrected chi connectivity index (χ4v) is 1.95. The van der Waals surface area contributed by atoms with E-state index in [4.69, 9.17) is 11.6 Å². The Balaban J connectivity index is 2.75. The van der Waals surface area contributed by atoms with E-state index in [1.807, 2.05) is 6.92 Å². The average molecular weight is 352 g/mol. The van der Waals surface area contributed by atoms with E-state index in [1.165, 1.54) is 17.7 Å². The van der Waals surface area contributed by atoms with Crippen molar-refractivity contribution in [3.8, 4) is 0 Å². The first-order chi connectivity index (χ1) is 7.54. The van der Waals surface area contributed by atoms with E-state index < -0.39 is 5.97 Å². The van der Waals surface area contributed by atoms with Crippen LogP contribution in [0.3, 0.4) is 0 Å². The summed E-state index contributed by atoms with van der Waals surface area (Å²) in [5.41, 5.74) is 1.56. The van der Waals surface area contributed by atoms with Crippen molar-refractivity contribution in [3.63, 3.8) is 0 Å². The summed E-state index contributed by atoms with van der Waals surface area (Å²) < 4.78 is 6.95. The van der Waals surface area contributed by atoms with Gasteiger partial charge in [0.25, 0.3) is 0 Å². The molecule has 84 valence electrons. The zero-order valence-corrected chi connectivity index (χ0v) is 11.4. The standard InChI is InChI=1S/C9H7ClIN3O2/c1-4-7(11)8-12-5(9(15)16-2)3-6(10)14(8)13-4/h3H,1-2H3. The summed E-state index contributed by atoms with van der Waals surface area (Å²) in [4.78, 5) is 15.5. The lowest BCUT2D eigenvalue weighted by atomic mass is 10.4. The molecule has 0 aliphatic heterocycles. The molecule has 0 atom stereocenters. The third-order valence-corrected chi connectivity index (χ3v) is 3.58. The van der Waals surface area contributed by atoms with Crippen molar-refractivity contribution in [3.05, 3.63) is 26.2 Å². The van der Waals surface area contributed by atoms with Crippen LogP contribution in [0.2, 0.25) is 5.15 Å². The number of hydrogen-bond donors (Lipinski definition) is 0. The van der Waals surface area contributed by atoms with Gasteiger partial charge in [0, 0.05) is 6.07 Å². The molecule has 0 radical (unpaired) electrons. The number of aryl methyl sites for hydroxylation is 1. The van der Waals surface area contributed by atoms with Gasteiger partial charge in [0.15, 0.2) is 11.3 Å². The highest BCUT2D eigenvalue weighted by atomic mass is 127. The Hall–Kier alpha value is -0.890. The van der Waals surface area contributed by atoms with Crippen molar-refractivity contribution in [2.24, 2.45) is 0 Å². The number of nitrogens with zero attached hydrogens (tertiary/aromatic N) is 3. The Kier molecular flexibility index (Phi) is 3.02. The van der Waals surface area contributed by atoms with E-state index in [-0.39, 0.29) is 5.69 Å². The molecule has 16 heavy (non-hydrogen) atoms. The van der Waals surface area contributed by atoms with Gasteiger partial charge in [-0.15, -0.1) is 0 Å². The number of carbonyl (C=O) groups excluding carboxylic acids is 1. The van der Waals surface area contributed by atoms with Gasteiger partial charge in [-0.3, -0.25) is 0 Å². The largest absolute Gasteiger partial charge is 0.464 e. The van der Waals surface area contributed by atoms with E-state index in [2.05, 4.69) is 37.4 Å². The van der Waals surface area contributed by atoms with Crippen LogP contribution < -0.4 is 0 Å². The number of halogens is 2. The second-order valence-electron chi connectivity index (χ2n) is 3.09. The van der Waals surface area contributed by atoms with Crippen LogP contribution in [0.5, 0.6) is 0 Å². The lowest BCUT2D eigenvalue weighted by Gasteiger charge is -2.01. The Morgan fingerprint density at radius 1 is 1.62 bits per heavy atom. The van der Waals surface area contributed by atoms with Gasteiger partial charge >= 0.3 is 5.97 Å². The zero-order valence-electron chi connectivity index (χ0n) is 8.49. The maximum absolute atomic E-state index is 11.4. The highest BCUT2D eigenvalue weighted by Gasteiger charge is 2.15. The molecule has 0 unspecified atom stereocenters. The maximum atomic E-state index is 11.4. The van der Waals surface area contributed by atoms with Crippen molar-refractivity contribution in [1.82, 2.24) is 14.6 Å². The lowest BCUT2D eigenvalue weighted by Crippen LogP contribution is -2.06. The number of rotatable bonds is 1. The lowest BCUT2D eigenvalue weighted by molar-refractivity contribution is 0.0594. The third-order valence-electron chi connectivity index (χ3n) is 2.04. The number of carbonyl (C=O) groups is 1. The number of fused-ring (bicyclic) bond motifs is 1. The Labute approximate surface area is 110 Å². The van der Waals surface area contributed by atoms with E-state index >= 15 is 0 Å². The monoisotopic (exact) mass is 351 g/mol. The molecule has 0 N–H and O–H groups in total. The maximum Gasteiger partial charge on any atom is 0.356 e. The van der Waals surface area contributed by atoms with Gasteiger partial charge in [-0.2, -0.15) is 5.10 Å². The SMILES string of the molecule is COC(=O)c1cc(Cl)n2nc(C)c(I)c2n1. The highest BCUT2D eigenvalue weighted by molar-refractivity contribution is 14.1. The molecule has 0 saturated carbocycles. The first-order valence-corrected chi connectivity index (χ1v) is 5.80. The molecule has 7 heteroatoms. The molecule has 0 aromatic carbocycles. The van der Waals surface area contributed by atoms with Crippen LogP contribution in [0.15, 0.2) is 6.07 Å². The molecule has 5 nitrogen and oxygen atoms in total. The van der Waals surface area contributed by atoms with E-state index in [0.717, 1.165) is 9.26 Å². The fourth-order valence-electron chi connectivity index (χ4n) is 1.27. The van der Waals surface area contributed by atoms with Gasteiger partial charge in [-0.05, 0) is 29.5 Å². The van der Waals surface area contributed by atoms with E-state index in [9.17, 15) is 4.79 Å². The van der Waals surface area contributed by atoms with Crippen molar-refractivity contribution in [2.45, 2.75) is 6.92 Å². The Morgan fingerprint density at radius 2 is 2.31 bits per heavy atom. The average Bonchev–Trinajstić information content (AvgIpc) is 2.56. The molecule has 0 aliphatic carbocycles. The van der Waals surface area contributed by atoms with Crippen molar-refractivity contribution in [1.29, 1.82) is 0 Å². The predicted molar refractivity (Wildman–Crippen MR) is 66.8 cm³/mol. The minimum atomic E-state index is -0.515. The Morgan fingerprint density at radius 3 is 2.94 bits per heavy atom. The Bertz CT molecular complexity index is 582. The molecular weight excluding hydrogens is 344 g/mol. The van der Waals surface area contributed by atoms with Crippen LogP contribution in [0.1, 0.15) is 16.2 Å². The topological polar surface area (TPSA) is 56.5 Å². The minimum absolute atomic E-state index is 0.179. The first kappa shape index (κ1) is 11.6. The molecule has 0 fully saturated rings. The summed E-state index contributed by atoms with van der Waals surface area (Å²) in [5, 5.41) is 4.53. The summed E-state index contributed by atoms with van der Waals surface area (Å²) in [6, 6.07) is 1.43. The fraction of sp³-hybridized carbons (Fsp3) is 0.222.